The molecule has 0 atom stereocenters. The van der Waals surface area contributed by atoms with Crippen LogP contribution < -0.4 is 0 Å². The van der Waals surface area contributed by atoms with Gasteiger partial charge in [0.05, 0.1) is 13.1 Å². The second-order valence-corrected chi connectivity index (χ2v) is 6.00. The van der Waals surface area contributed by atoms with E-state index in [0.29, 0.717) is 13.1 Å². The van der Waals surface area contributed by atoms with Crippen LogP contribution in [0.2, 0.25) is 0 Å². The van der Waals surface area contributed by atoms with Gasteiger partial charge in [-0.2, -0.15) is 0 Å². The van der Waals surface area contributed by atoms with Gasteiger partial charge in [-0.05, 0) is 26.9 Å². The number of hydrogen-bond acceptors (Lipinski definition) is 6. The molecule has 0 radical (unpaired) electrons. The molecule has 0 fully saturated rings. The summed E-state index contributed by atoms with van der Waals surface area (Å²) >= 11 is 6.80. The Labute approximate surface area is 143 Å². The van der Waals surface area contributed by atoms with E-state index in [9.17, 15) is 0 Å². The molecule has 10 heteroatoms. The fourth-order valence-corrected chi connectivity index (χ4v) is 2.75. The molecule has 0 saturated heterocycles. The van der Waals surface area contributed by atoms with Crippen LogP contribution in [0.4, 0.5) is 0 Å². The third-order valence-corrected chi connectivity index (χ3v) is 3.74. The van der Waals surface area contributed by atoms with E-state index < -0.39 is 0 Å². The van der Waals surface area contributed by atoms with Gasteiger partial charge in [0.2, 0.25) is 0 Å². The van der Waals surface area contributed by atoms with Crippen LogP contribution in [-0.2, 0) is 13.1 Å². The number of alkyl halides is 2. The van der Waals surface area contributed by atoms with Gasteiger partial charge in [0.1, 0.15) is 0 Å². The summed E-state index contributed by atoms with van der Waals surface area (Å²) in [5.74, 6) is 1.45. The van der Waals surface area contributed by atoms with E-state index in [0.717, 1.165) is 33.4 Å². The highest BCUT2D eigenvalue weighted by Crippen LogP contribution is 2.23. The third-order valence-electron chi connectivity index (χ3n) is 3.04. The number of halogens is 2. The summed E-state index contributed by atoms with van der Waals surface area (Å²) in [4.78, 5) is 0. The normalized spacial score (nSPS) is 11.0. The Morgan fingerprint density at radius 2 is 1.32 bits per heavy atom. The molecule has 0 saturated carbocycles. The SMILES string of the molecule is BrCCn1nnnc1-c1cccc(-c2nnnn2CCBr)c1. The van der Waals surface area contributed by atoms with Gasteiger partial charge in [-0.3, -0.25) is 0 Å². The molecule has 22 heavy (non-hydrogen) atoms. The second-order valence-electron chi connectivity index (χ2n) is 4.41. The van der Waals surface area contributed by atoms with E-state index in [4.69, 9.17) is 0 Å². The lowest BCUT2D eigenvalue weighted by Gasteiger charge is -2.06. The zero-order chi connectivity index (χ0) is 15.4. The molecule has 0 spiro atoms. The maximum absolute atomic E-state index is 4.10. The number of tetrazole rings is 2. The number of benzene rings is 1. The Morgan fingerprint density at radius 1 is 0.818 bits per heavy atom. The van der Waals surface area contributed by atoms with Crippen molar-refractivity contribution >= 4 is 31.9 Å². The predicted octanol–water partition coefficient (Wildman–Crippen LogP) is 1.78. The van der Waals surface area contributed by atoms with Crippen molar-refractivity contribution in [2.24, 2.45) is 0 Å². The van der Waals surface area contributed by atoms with Crippen LogP contribution in [0.3, 0.4) is 0 Å². The highest BCUT2D eigenvalue weighted by molar-refractivity contribution is 9.09. The molecule has 3 rings (SSSR count). The molecular weight excluding hydrogens is 416 g/mol. The first-order valence-electron chi connectivity index (χ1n) is 6.58. The minimum Gasteiger partial charge on any atom is -0.225 e. The first kappa shape index (κ1) is 15.2. The first-order valence-corrected chi connectivity index (χ1v) is 8.83. The van der Waals surface area contributed by atoms with Gasteiger partial charge in [-0.15, -0.1) is 10.2 Å². The van der Waals surface area contributed by atoms with E-state index >= 15 is 0 Å². The van der Waals surface area contributed by atoms with Gasteiger partial charge in [-0.25, -0.2) is 9.36 Å². The third kappa shape index (κ3) is 3.07. The molecule has 114 valence electrons. The van der Waals surface area contributed by atoms with E-state index in [2.05, 4.69) is 62.9 Å². The zero-order valence-electron chi connectivity index (χ0n) is 11.5. The predicted molar refractivity (Wildman–Crippen MR) is 87.7 cm³/mol. The topological polar surface area (TPSA) is 87.2 Å². The standard InChI is InChI=1S/C12H12Br2N8/c13-4-6-21-11(15-17-19-21)9-2-1-3-10(8-9)12-16-18-20-22(12)7-5-14/h1-3,8H,4-7H2. The summed E-state index contributed by atoms with van der Waals surface area (Å²) in [5, 5.41) is 25.3. The van der Waals surface area contributed by atoms with Crippen LogP contribution in [0.15, 0.2) is 24.3 Å². The van der Waals surface area contributed by atoms with Gasteiger partial charge in [0, 0.05) is 21.8 Å². The molecule has 1 aromatic carbocycles. The van der Waals surface area contributed by atoms with Gasteiger partial charge < -0.3 is 0 Å². The monoisotopic (exact) mass is 426 g/mol. The van der Waals surface area contributed by atoms with Crippen molar-refractivity contribution in [3.05, 3.63) is 24.3 Å². The van der Waals surface area contributed by atoms with E-state index in [1.807, 2.05) is 24.3 Å². The average Bonchev–Trinajstić information content (AvgIpc) is 3.17. The summed E-state index contributed by atoms with van der Waals surface area (Å²) in [6, 6.07) is 7.88. The van der Waals surface area contributed by atoms with Crippen LogP contribution in [0.1, 0.15) is 0 Å². The van der Waals surface area contributed by atoms with Gasteiger partial charge >= 0.3 is 0 Å². The molecule has 0 unspecified atom stereocenters. The highest BCUT2D eigenvalue weighted by atomic mass is 79.9. The summed E-state index contributed by atoms with van der Waals surface area (Å²) in [7, 11) is 0. The van der Waals surface area contributed by atoms with E-state index in [-0.39, 0.29) is 0 Å². The molecule has 0 aliphatic rings. The van der Waals surface area contributed by atoms with Gasteiger partial charge in [-0.1, -0.05) is 50.1 Å². The van der Waals surface area contributed by atoms with Crippen LogP contribution in [-0.4, -0.2) is 51.1 Å². The van der Waals surface area contributed by atoms with Crippen molar-refractivity contribution in [1.82, 2.24) is 40.4 Å². The summed E-state index contributed by atoms with van der Waals surface area (Å²) in [5.41, 5.74) is 1.86. The number of rotatable bonds is 6. The number of aromatic nitrogens is 8. The van der Waals surface area contributed by atoms with E-state index in [1.54, 1.807) is 9.36 Å². The number of hydrogen-bond donors (Lipinski definition) is 0. The average molecular weight is 428 g/mol. The largest absolute Gasteiger partial charge is 0.225 e. The van der Waals surface area contributed by atoms with Gasteiger partial charge in [0.25, 0.3) is 0 Å². The first-order chi connectivity index (χ1) is 10.8. The van der Waals surface area contributed by atoms with Crippen molar-refractivity contribution in [3.63, 3.8) is 0 Å². The molecule has 2 aromatic heterocycles. The number of aryl methyl sites for hydroxylation is 2. The van der Waals surface area contributed by atoms with Crippen LogP contribution in [0.25, 0.3) is 22.8 Å². The quantitative estimate of drug-likeness (QED) is 0.557. The van der Waals surface area contributed by atoms with E-state index in [1.165, 1.54) is 0 Å². The van der Waals surface area contributed by atoms with Crippen LogP contribution in [0.5, 0.6) is 0 Å². The lowest BCUT2D eigenvalue weighted by atomic mass is 10.1. The Kier molecular flexibility index (Phi) is 4.88. The maximum atomic E-state index is 4.10. The summed E-state index contributed by atoms with van der Waals surface area (Å²) < 4.78 is 3.52. The minimum atomic E-state index is 0.702. The van der Waals surface area contributed by atoms with Crippen LogP contribution in [0, 0.1) is 0 Å². The second kappa shape index (κ2) is 7.05. The van der Waals surface area contributed by atoms with Crippen molar-refractivity contribution < 1.29 is 0 Å². The van der Waals surface area contributed by atoms with Crippen LogP contribution >= 0.6 is 31.9 Å². The Morgan fingerprint density at radius 3 is 1.77 bits per heavy atom. The molecule has 0 N–H and O–H groups in total. The highest BCUT2D eigenvalue weighted by Gasteiger charge is 2.13. The van der Waals surface area contributed by atoms with Crippen molar-refractivity contribution in [3.8, 4) is 22.8 Å². The fourth-order valence-electron chi connectivity index (χ4n) is 2.08. The van der Waals surface area contributed by atoms with Crippen molar-refractivity contribution in [2.75, 3.05) is 10.7 Å². The molecule has 0 bridgehead atoms. The Bertz CT molecular complexity index is 693. The Balaban J connectivity index is 1.99. The lowest BCUT2D eigenvalue weighted by Crippen LogP contribution is -2.05. The molecule has 8 nitrogen and oxygen atoms in total. The summed E-state index contributed by atoms with van der Waals surface area (Å²) in [6.07, 6.45) is 0. The molecule has 2 heterocycles. The smallest absolute Gasteiger partial charge is 0.182 e. The Hall–Kier alpha value is -1.68. The maximum Gasteiger partial charge on any atom is 0.182 e. The van der Waals surface area contributed by atoms with Crippen molar-refractivity contribution in [2.45, 2.75) is 13.1 Å². The minimum absolute atomic E-state index is 0.702. The fraction of sp³-hybridized carbons (Fsp3) is 0.333. The lowest BCUT2D eigenvalue weighted by molar-refractivity contribution is 0.638. The molecule has 3 aromatic rings. The summed E-state index contributed by atoms with van der Waals surface area (Å²) in [6.45, 7) is 1.40. The zero-order valence-corrected chi connectivity index (χ0v) is 14.6. The number of nitrogens with zero attached hydrogens (tertiary/aromatic N) is 8. The molecule has 0 aliphatic heterocycles. The molecule has 0 aliphatic carbocycles. The molecule has 0 amide bonds. The van der Waals surface area contributed by atoms with Crippen molar-refractivity contribution in [1.29, 1.82) is 0 Å². The van der Waals surface area contributed by atoms with Gasteiger partial charge in [0.15, 0.2) is 11.6 Å². The molecular formula is C12H12Br2N8.